The van der Waals surface area contributed by atoms with Gasteiger partial charge in [0.05, 0.1) is 17.4 Å². The normalized spacial score (nSPS) is 18.7. The number of para-hydroxylation sites is 1. The Morgan fingerprint density at radius 2 is 2.17 bits per heavy atom. The topological polar surface area (TPSA) is 64.1 Å². The van der Waals surface area contributed by atoms with E-state index in [0.29, 0.717) is 0 Å². The van der Waals surface area contributed by atoms with Crippen molar-refractivity contribution < 1.29 is 5.11 Å². The average Bonchev–Trinajstić information content (AvgIpc) is 2.69. The zero-order chi connectivity index (χ0) is 12.7. The number of phenols is 1. The molecule has 5 heteroatoms. The van der Waals surface area contributed by atoms with Gasteiger partial charge in [-0.05, 0) is 47.3 Å². The number of hydrogen-bond donors (Lipinski definition) is 2. The van der Waals surface area contributed by atoms with Crippen molar-refractivity contribution in [3.8, 4) is 17.1 Å². The molecule has 1 atom stereocenters. The first kappa shape index (κ1) is 11.7. The quantitative estimate of drug-likeness (QED) is 0.851. The molecule has 0 bridgehead atoms. The molecule has 0 aliphatic carbocycles. The van der Waals surface area contributed by atoms with Crippen LogP contribution >= 0.6 is 15.9 Å². The van der Waals surface area contributed by atoms with Gasteiger partial charge in [-0.25, -0.2) is 4.98 Å². The minimum atomic E-state index is -0.0674. The smallest absolute Gasteiger partial charge is 0.146 e. The Bertz CT molecular complexity index is 594. The maximum absolute atomic E-state index is 9.95. The van der Waals surface area contributed by atoms with Crippen molar-refractivity contribution in [3.05, 3.63) is 34.6 Å². The fourth-order valence-corrected chi connectivity index (χ4v) is 3.04. The predicted molar refractivity (Wildman–Crippen MR) is 73.2 cm³/mol. The van der Waals surface area contributed by atoms with E-state index in [1.165, 1.54) is 0 Å². The molecule has 0 spiro atoms. The van der Waals surface area contributed by atoms with Crippen molar-refractivity contribution in [1.29, 1.82) is 0 Å². The number of benzene rings is 1. The second-order valence-electron chi connectivity index (χ2n) is 4.52. The van der Waals surface area contributed by atoms with Gasteiger partial charge in [-0.1, -0.05) is 12.1 Å². The van der Waals surface area contributed by atoms with Crippen LogP contribution in [-0.2, 0) is 6.42 Å². The van der Waals surface area contributed by atoms with Gasteiger partial charge in [-0.3, -0.25) is 0 Å². The molecule has 1 unspecified atom stereocenters. The van der Waals surface area contributed by atoms with E-state index in [1.54, 1.807) is 12.1 Å². The minimum absolute atomic E-state index is 0.0674. The standard InChI is InChI=1S/C13H14BrN3O/c14-12-9-5-3-7-11(15)17(9)13(16-12)8-4-1-2-6-10(8)18/h1-2,4,6,11,18H,3,5,7,15H2. The zero-order valence-corrected chi connectivity index (χ0v) is 11.4. The molecule has 1 aromatic heterocycles. The van der Waals surface area contributed by atoms with Crippen LogP contribution in [0.4, 0.5) is 0 Å². The van der Waals surface area contributed by atoms with Crippen LogP contribution in [0.2, 0.25) is 0 Å². The zero-order valence-electron chi connectivity index (χ0n) is 9.81. The van der Waals surface area contributed by atoms with Crippen molar-refractivity contribution >= 4 is 15.9 Å². The highest BCUT2D eigenvalue weighted by molar-refractivity contribution is 9.10. The van der Waals surface area contributed by atoms with Gasteiger partial charge in [0.15, 0.2) is 0 Å². The molecule has 94 valence electrons. The average molecular weight is 308 g/mol. The van der Waals surface area contributed by atoms with Crippen molar-refractivity contribution in [3.63, 3.8) is 0 Å². The van der Waals surface area contributed by atoms with Gasteiger partial charge in [0.1, 0.15) is 16.2 Å². The summed E-state index contributed by atoms with van der Waals surface area (Å²) in [5.74, 6) is 0.970. The Morgan fingerprint density at radius 3 is 2.94 bits per heavy atom. The molecule has 0 amide bonds. The number of nitrogens with zero attached hydrogens (tertiary/aromatic N) is 2. The van der Waals surface area contributed by atoms with Crippen molar-refractivity contribution in [1.82, 2.24) is 9.55 Å². The fraction of sp³-hybridized carbons (Fsp3) is 0.308. The largest absolute Gasteiger partial charge is 0.507 e. The van der Waals surface area contributed by atoms with Crippen LogP contribution in [0.1, 0.15) is 24.7 Å². The summed E-state index contributed by atoms with van der Waals surface area (Å²) in [6, 6.07) is 7.21. The molecule has 3 rings (SSSR count). The summed E-state index contributed by atoms with van der Waals surface area (Å²) in [6.07, 6.45) is 2.92. The lowest BCUT2D eigenvalue weighted by Gasteiger charge is -2.24. The number of phenolic OH excluding ortho intramolecular Hbond substituents is 1. The molecule has 0 radical (unpaired) electrons. The Morgan fingerprint density at radius 1 is 1.39 bits per heavy atom. The molecule has 0 saturated carbocycles. The van der Waals surface area contributed by atoms with E-state index in [4.69, 9.17) is 5.73 Å². The van der Waals surface area contributed by atoms with Crippen molar-refractivity contribution in [2.45, 2.75) is 25.4 Å². The number of imidazole rings is 1. The second kappa shape index (κ2) is 4.40. The van der Waals surface area contributed by atoms with E-state index in [2.05, 4.69) is 20.9 Å². The molecule has 0 fully saturated rings. The van der Waals surface area contributed by atoms with E-state index < -0.39 is 0 Å². The van der Waals surface area contributed by atoms with Crippen molar-refractivity contribution in [2.75, 3.05) is 0 Å². The van der Waals surface area contributed by atoms with Crippen LogP contribution in [0.15, 0.2) is 28.9 Å². The molecule has 1 aliphatic heterocycles. The summed E-state index contributed by atoms with van der Waals surface area (Å²) in [7, 11) is 0. The third-order valence-corrected chi connectivity index (χ3v) is 3.99. The Hall–Kier alpha value is -1.33. The van der Waals surface area contributed by atoms with Gasteiger partial charge in [-0.15, -0.1) is 0 Å². The summed E-state index contributed by atoms with van der Waals surface area (Å²) in [5, 5.41) is 9.95. The number of aromatic nitrogens is 2. The van der Waals surface area contributed by atoms with E-state index >= 15 is 0 Å². The Kier molecular flexibility index (Phi) is 2.87. The Balaban J connectivity index is 2.22. The predicted octanol–water partition coefficient (Wildman–Crippen LogP) is 2.81. The third-order valence-electron chi connectivity index (χ3n) is 3.35. The van der Waals surface area contributed by atoms with E-state index in [-0.39, 0.29) is 11.9 Å². The number of nitrogens with two attached hydrogens (primary N) is 1. The molecule has 3 N–H and O–H groups in total. The fourth-order valence-electron chi connectivity index (χ4n) is 2.48. The summed E-state index contributed by atoms with van der Waals surface area (Å²) in [6.45, 7) is 0. The molecule has 1 aromatic carbocycles. The van der Waals surface area contributed by atoms with Crippen LogP contribution in [-0.4, -0.2) is 14.7 Å². The summed E-state index contributed by atoms with van der Waals surface area (Å²) >= 11 is 3.48. The summed E-state index contributed by atoms with van der Waals surface area (Å²) in [5.41, 5.74) is 8.01. The second-order valence-corrected chi connectivity index (χ2v) is 5.27. The number of aromatic hydroxyl groups is 1. The van der Waals surface area contributed by atoms with Crippen LogP contribution in [0.25, 0.3) is 11.4 Å². The van der Waals surface area contributed by atoms with E-state index in [0.717, 1.165) is 40.9 Å². The monoisotopic (exact) mass is 307 g/mol. The third kappa shape index (κ3) is 1.74. The highest BCUT2D eigenvalue weighted by Gasteiger charge is 2.25. The van der Waals surface area contributed by atoms with Gasteiger partial charge >= 0.3 is 0 Å². The van der Waals surface area contributed by atoms with Crippen LogP contribution < -0.4 is 5.73 Å². The molecular weight excluding hydrogens is 294 g/mol. The maximum atomic E-state index is 9.95. The molecule has 18 heavy (non-hydrogen) atoms. The van der Waals surface area contributed by atoms with Gasteiger partial charge in [0.2, 0.25) is 0 Å². The summed E-state index contributed by atoms with van der Waals surface area (Å²) in [4.78, 5) is 4.51. The van der Waals surface area contributed by atoms with E-state index in [1.807, 2.05) is 16.7 Å². The molecule has 4 nitrogen and oxygen atoms in total. The first-order valence-corrected chi connectivity index (χ1v) is 6.78. The molecule has 2 heterocycles. The highest BCUT2D eigenvalue weighted by atomic mass is 79.9. The van der Waals surface area contributed by atoms with Gasteiger partial charge in [0.25, 0.3) is 0 Å². The maximum Gasteiger partial charge on any atom is 0.146 e. The highest BCUT2D eigenvalue weighted by Crippen LogP contribution is 2.36. The van der Waals surface area contributed by atoms with Crippen LogP contribution in [0, 0.1) is 0 Å². The number of hydrogen-bond acceptors (Lipinski definition) is 3. The first-order valence-electron chi connectivity index (χ1n) is 5.99. The van der Waals surface area contributed by atoms with Gasteiger partial charge < -0.3 is 15.4 Å². The number of halogens is 1. The molecule has 1 aliphatic rings. The first-order chi connectivity index (χ1) is 8.68. The lowest BCUT2D eigenvalue weighted by molar-refractivity contribution is 0.415. The number of rotatable bonds is 1. The SMILES string of the molecule is NC1CCCc2c(Br)nc(-c3ccccc3O)n21. The lowest BCUT2D eigenvalue weighted by Crippen LogP contribution is -2.25. The molecule has 2 aromatic rings. The van der Waals surface area contributed by atoms with Crippen LogP contribution in [0.5, 0.6) is 5.75 Å². The van der Waals surface area contributed by atoms with Crippen molar-refractivity contribution in [2.24, 2.45) is 5.73 Å². The van der Waals surface area contributed by atoms with Gasteiger partial charge in [0, 0.05) is 0 Å². The summed E-state index contributed by atoms with van der Waals surface area (Å²) < 4.78 is 2.86. The molecular formula is C13H14BrN3O. The van der Waals surface area contributed by atoms with Gasteiger partial charge in [-0.2, -0.15) is 0 Å². The Labute approximate surface area is 114 Å². The lowest BCUT2D eigenvalue weighted by atomic mass is 10.1. The number of fused-ring (bicyclic) bond motifs is 1. The minimum Gasteiger partial charge on any atom is -0.507 e. The molecule has 0 saturated heterocycles. The van der Waals surface area contributed by atoms with Crippen LogP contribution in [0.3, 0.4) is 0 Å². The van der Waals surface area contributed by atoms with E-state index in [9.17, 15) is 5.11 Å².